The van der Waals surface area contributed by atoms with Gasteiger partial charge in [-0.25, -0.2) is 4.98 Å². The first-order chi connectivity index (χ1) is 35.5. The number of oxime groups is 1. The molecule has 392 valence electrons. The second-order valence-electron chi connectivity index (χ2n) is 19.0. The lowest BCUT2D eigenvalue weighted by Gasteiger charge is -2.35. The van der Waals surface area contributed by atoms with Gasteiger partial charge in [-0.2, -0.15) is 5.10 Å². The number of nitrogens with zero attached hydrogens (tertiary/aromatic N) is 6. The summed E-state index contributed by atoms with van der Waals surface area (Å²) in [5, 5.41) is 23.6. The Morgan fingerprint density at radius 1 is 0.808 bits per heavy atom. The van der Waals surface area contributed by atoms with Gasteiger partial charge in [-0.3, -0.25) is 24.0 Å². The van der Waals surface area contributed by atoms with Crippen molar-refractivity contribution < 1.29 is 48.0 Å². The van der Waals surface area contributed by atoms with Crippen molar-refractivity contribution in [3.8, 4) is 32.8 Å². The van der Waals surface area contributed by atoms with E-state index in [1.165, 1.54) is 5.56 Å². The fourth-order valence-corrected chi connectivity index (χ4v) is 9.60. The summed E-state index contributed by atoms with van der Waals surface area (Å²) in [5.74, 6) is -0.907. The molecule has 18 nitrogen and oxygen atoms in total. The number of ether oxygens (including phenoxy) is 6. The number of fused-ring (bicyclic) bond motifs is 1. The standard InChI is InChI=1S/C54H70N8O10S/c1-38-50(73-37-57-38)41-10-8-39(9-11-41)34-56-52(64)47-7-5-21-62(47)53(65)51(54(2,3)4)58-48(63)36-72-32-31-71-30-29-70-28-27-69-26-25-68-24-23-67-22-6-20-61-35-45(49(59-61)40-16-18-55-19-17-40)43-12-14-44-42(33-43)13-15-46(44)60-66/h8-12,14,16-19,33,35,37,47,51,66H,5-7,13,15,20-32,34,36H2,1-4H3,(H,56,64)(H,58,63)/b60-46+/t47-,51+/m0/s1. The van der Waals surface area contributed by atoms with E-state index >= 15 is 0 Å². The SMILES string of the molecule is Cc1ncsc1-c1ccc(CNC(=O)[C@@H]2CCCN2C(=O)[C@@H](NC(=O)COCCOCCOCCOCCOCCOCCCn2cc(-c3ccc4c(c3)CC/C4=N\O)c(-c3ccncc3)n2)C(C)(C)C)cc1. The van der Waals surface area contributed by atoms with Gasteiger partial charge < -0.3 is 49.2 Å². The summed E-state index contributed by atoms with van der Waals surface area (Å²) in [6.45, 7) is 13.4. The summed E-state index contributed by atoms with van der Waals surface area (Å²) >= 11 is 1.60. The molecule has 2 aromatic carbocycles. The van der Waals surface area contributed by atoms with Gasteiger partial charge in [-0.1, -0.05) is 68.4 Å². The van der Waals surface area contributed by atoms with Gasteiger partial charge in [0.2, 0.25) is 17.7 Å². The number of nitrogens with one attached hydrogen (secondary N) is 2. The van der Waals surface area contributed by atoms with E-state index < -0.39 is 23.4 Å². The van der Waals surface area contributed by atoms with Gasteiger partial charge in [-0.15, -0.1) is 11.3 Å². The molecule has 5 aromatic rings. The van der Waals surface area contributed by atoms with E-state index in [0.717, 1.165) is 74.6 Å². The van der Waals surface area contributed by atoms with Gasteiger partial charge in [-0.05, 0) is 78.8 Å². The van der Waals surface area contributed by atoms with Crippen LogP contribution in [0.1, 0.15) is 68.8 Å². The summed E-state index contributed by atoms with van der Waals surface area (Å²) in [5.41, 5.74) is 11.2. The lowest BCUT2D eigenvalue weighted by atomic mass is 9.85. The average molecular weight is 1020 g/mol. The molecular weight excluding hydrogens is 953 g/mol. The van der Waals surface area contributed by atoms with Crippen molar-refractivity contribution >= 4 is 34.8 Å². The molecule has 19 heteroatoms. The maximum absolute atomic E-state index is 13.9. The van der Waals surface area contributed by atoms with Gasteiger partial charge in [0.25, 0.3) is 0 Å². The van der Waals surface area contributed by atoms with Gasteiger partial charge in [0, 0.05) is 61.5 Å². The van der Waals surface area contributed by atoms with Crippen molar-refractivity contribution in [3.05, 3.63) is 101 Å². The Morgan fingerprint density at radius 2 is 1.45 bits per heavy atom. The molecule has 0 unspecified atom stereocenters. The van der Waals surface area contributed by atoms with E-state index in [-0.39, 0.29) is 31.6 Å². The second-order valence-corrected chi connectivity index (χ2v) is 19.9. The van der Waals surface area contributed by atoms with Crippen LogP contribution in [0.15, 0.2) is 83.9 Å². The molecule has 0 bridgehead atoms. The molecule has 1 aliphatic carbocycles. The summed E-state index contributed by atoms with van der Waals surface area (Å²) in [6, 6.07) is 16.8. The fourth-order valence-electron chi connectivity index (χ4n) is 8.78. The third kappa shape index (κ3) is 16.0. The normalized spacial score (nSPS) is 15.5. The highest BCUT2D eigenvalue weighted by Crippen LogP contribution is 2.35. The Labute approximate surface area is 431 Å². The first-order valence-electron chi connectivity index (χ1n) is 25.2. The van der Waals surface area contributed by atoms with Crippen LogP contribution in [-0.2, 0) is 62.3 Å². The van der Waals surface area contributed by atoms with Crippen molar-refractivity contribution in [1.29, 1.82) is 0 Å². The molecule has 4 heterocycles. The first-order valence-corrected chi connectivity index (χ1v) is 26.0. The number of hydrogen-bond donors (Lipinski definition) is 3. The smallest absolute Gasteiger partial charge is 0.246 e. The molecule has 3 aromatic heterocycles. The summed E-state index contributed by atoms with van der Waals surface area (Å²) in [7, 11) is 0. The van der Waals surface area contributed by atoms with E-state index in [9.17, 15) is 19.6 Å². The topological polar surface area (TPSA) is 210 Å². The van der Waals surface area contributed by atoms with Crippen LogP contribution in [0.5, 0.6) is 0 Å². The Bertz CT molecular complexity index is 2560. The van der Waals surface area contributed by atoms with Crippen LogP contribution in [-0.4, -0.2) is 151 Å². The summed E-state index contributed by atoms with van der Waals surface area (Å²) < 4.78 is 35.7. The quantitative estimate of drug-likeness (QED) is 0.0266. The van der Waals surface area contributed by atoms with Crippen molar-refractivity contribution in [1.82, 2.24) is 35.3 Å². The maximum atomic E-state index is 13.9. The summed E-state index contributed by atoms with van der Waals surface area (Å²) in [4.78, 5) is 51.4. The number of hydrogen-bond acceptors (Lipinski definition) is 15. The van der Waals surface area contributed by atoms with Crippen molar-refractivity contribution in [3.63, 3.8) is 0 Å². The highest BCUT2D eigenvalue weighted by atomic mass is 32.1. The largest absolute Gasteiger partial charge is 0.411 e. The van der Waals surface area contributed by atoms with E-state index in [0.29, 0.717) is 91.9 Å². The molecule has 7 rings (SSSR count). The van der Waals surface area contributed by atoms with Crippen LogP contribution in [0.25, 0.3) is 32.8 Å². The second kappa shape index (κ2) is 27.9. The number of rotatable bonds is 29. The van der Waals surface area contributed by atoms with E-state index in [1.807, 2.05) is 80.4 Å². The number of likely N-dealkylation sites (tertiary alicyclic amines) is 1. The molecule has 2 atom stereocenters. The van der Waals surface area contributed by atoms with Crippen molar-refractivity contribution in [2.24, 2.45) is 10.6 Å². The number of aryl methyl sites for hydroxylation is 3. The van der Waals surface area contributed by atoms with E-state index in [2.05, 4.69) is 44.1 Å². The van der Waals surface area contributed by atoms with Crippen LogP contribution in [0.4, 0.5) is 0 Å². The minimum Gasteiger partial charge on any atom is -0.411 e. The highest BCUT2D eigenvalue weighted by Gasteiger charge is 2.42. The maximum Gasteiger partial charge on any atom is 0.246 e. The highest BCUT2D eigenvalue weighted by molar-refractivity contribution is 7.13. The zero-order valence-corrected chi connectivity index (χ0v) is 43.3. The molecule has 1 saturated heterocycles. The Hall–Kier alpha value is -5.93. The predicted octanol–water partition coefficient (Wildman–Crippen LogP) is 6.50. The number of thiazole rings is 1. The summed E-state index contributed by atoms with van der Waals surface area (Å²) in [6.07, 6.45) is 9.26. The molecule has 1 fully saturated rings. The van der Waals surface area contributed by atoms with Crippen molar-refractivity contribution in [2.45, 2.75) is 85.0 Å². The molecule has 73 heavy (non-hydrogen) atoms. The van der Waals surface area contributed by atoms with Crippen LogP contribution in [0.2, 0.25) is 0 Å². The predicted molar refractivity (Wildman–Crippen MR) is 277 cm³/mol. The minimum absolute atomic E-state index is 0.195. The fraction of sp³-hybridized carbons (Fsp3) is 0.500. The molecule has 0 saturated carbocycles. The van der Waals surface area contributed by atoms with E-state index in [1.54, 1.807) is 28.6 Å². The Balaban J connectivity index is 0.675. The van der Waals surface area contributed by atoms with Gasteiger partial charge >= 0.3 is 0 Å². The molecule has 2 aliphatic rings. The van der Waals surface area contributed by atoms with Gasteiger partial charge in [0.1, 0.15) is 24.4 Å². The van der Waals surface area contributed by atoms with Crippen molar-refractivity contribution in [2.75, 3.05) is 85.8 Å². The van der Waals surface area contributed by atoms with Crippen LogP contribution in [0, 0.1) is 12.3 Å². The molecule has 3 N–H and O–H groups in total. The average Bonchev–Trinajstić information content (AvgIpc) is 4.23. The number of carbonyl (C=O) groups is 3. The zero-order chi connectivity index (χ0) is 51.4. The lowest BCUT2D eigenvalue weighted by Crippen LogP contribution is -2.58. The first kappa shape index (κ1) is 54.8. The van der Waals surface area contributed by atoms with Crippen LogP contribution < -0.4 is 10.6 Å². The monoisotopic (exact) mass is 1020 g/mol. The molecule has 1 aliphatic heterocycles. The van der Waals surface area contributed by atoms with Gasteiger partial charge in [0.05, 0.1) is 87.9 Å². The number of pyridine rings is 1. The minimum atomic E-state index is -0.840. The third-order valence-electron chi connectivity index (χ3n) is 12.6. The Kier molecular flexibility index (Phi) is 21.0. The third-order valence-corrected chi connectivity index (χ3v) is 13.6. The van der Waals surface area contributed by atoms with Crippen LogP contribution in [0.3, 0.4) is 0 Å². The van der Waals surface area contributed by atoms with Crippen LogP contribution >= 0.6 is 11.3 Å². The van der Waals surface area contributed by atoms with E-state index in [4.69, 9.17) is 33.5 Å². The number of aromatic nitrogens is 4. The molecular formula is C54H70N8O10S. The van der Waals surface area contributed by atoms with Gasteiger partial charge in [0.15, 0.2) is 0 Å². The zero-order valence-electron chi connectivity index (χ0n) is 42.5. The molecule has 0 spiro atoms. The molecule has 3 amide bonds. The number of carbonyl (C=O) groups excluding carboxylic acids is 3. The Morgan fingerprint density at radius 3 is 2.08 bits per heavy atom. The number of benzene rings is 2. The number of amides is 3. The lowest BCUT2D eigenvalue weighted by molar-refractivity contribution is -0.144. The molecule has 0 radical (unpaired) electrons.